The van der Waals surface area contributed by atoms with Crippen LogP contribution < -0.4 is 4.72 Å². The maximum atomic E-state index is 11.4. The van der Waals surface area contributed by atoms with Gasteiger partial charge in [0.15, 0.2) is 0 Å². The molecule has 0 aliphatic carbocycles. The van der Waals surface area contributed by atoms with Crippen molar-refractivity contribution in [1.82, 2.24) is 19.5 Å². The lowest BCUT2D eigenvalue weighted by Gasteiger charge is -2.09. The molecule has 2 heterocycles. The fraction of sp³-hybridized carbons (Fsp3) is 0.182. The predicted molar refractivity (Wildman–Crippen MR) is 120 cm³/mol. The molecule has 0 radical (unpaired) electrons. The van der Waals surface area contributed by atoms with Crippen molar-refractivity contribution in [3.8, 4) is 22.4 Å². The summed E-state index contributed by atoms with van der Waals surface area (Å²) in [5, 5.41) is 4.34. The van der Waals surface area contributed by atoms with Gasteiger partial charge in [-0.2, -0.15) is 5.10 Å². The van der Waals surface area contributed by atoms with Crippen LogP contribution in [0.15, 0.2) is 67.1 Å². The molecule has 30 heavy (non-hydrogen) atoms. The molecule has 0 bridgehead atoms. The summed E-state index contributed by atoms with van der Waals surface area (Å²) < 4.78 is 27.1. The number of benzene rings is 2. The first kappa shape index (κ1) is 20.1. The predicted octanol–water partition coefficient (Wildman–Crippen LogP) is 3.50. The molecule has 4 rings (SSSR count). The molecule has 0 amide bonds. The van der Waals surface area contributed by atoms with Crippen LogP contribution in [0.25, 0.3) is 27.9 Å². The molecule has 0 unspecified atom stereocenters. The molecule has 0 spiro atoms. The zero-order valence-corrected chi connectivity index (χ0v) is 17.9. The minimum absolute atomic E-state index is 0.514. The van der Waals surface area contributed by atoms with Crippen molar-refractivity contribution in [3.05, 3.63) is 72.7 Å². The van der Waals surface area contributed by atoms with E-state index in [1.165, 1.54) is 11.9 Å². The number of hydrogen-bond acceptors (Lipinski definition) is 5. The number of nitrogens with one attached hydrogen (secondary N) is 1. The number of hydrogen-bond donors (Lipinski definition) is 1. The van der Waals surface area contributed by atoms with Crippen LogP contribution in [-0.4, -0.2) is 48.3 Å². The standard InChI is InChI=1S/C22H23N5O2S/c1-26(2)13-16-4-6-17(7-5-16)19-12-21-22(23-15-24-27(21)14-19)18-8-10-20(11-9-18)25-30(3,28)29/h4-12,14-15,25H,13H2,1-3H3. The van der Waals surface area contributed by atoms with E-state index < -0.39 is 10.0 Å². The molecule has 2 aromatic heterocycles. The Morgan fingerprint density at radius 2 is 1.63 bits per heavy atom. The van der Waals surface area contributed by atoms with Crippen molar-refractivity contribution < 1.29 is 8.42 Å². The van der Waals surface area contributed by atoms with Gasteiger partial charge in [0.1, 0.15) is 6.33 Å². The Labute approximate surface area is 176 Å². The van der Waals surface area contributed by atoms with Crippen LogP contribution in [0.2, 0.25) is 0 Å². The number of nitrogens with zero attached hydrogens (tertiary/aromatic N) is 4. The summed E-state index contributed by atoms with van der Waals surface area (Å²) in [7, 11) is 0.799. The average Bonchev–Trinajstić information content (AvgIpc) is 3.12. The van der Waals surface area contributed by atoms with E-state index in [0.29, 0.717) is 5.69 Å². The van der Waals surface area contributed by atoms with Crippen LogP contribution >= 0.6 is 0 Å². The summed E-state index contributed by atoms with van der Waals surface area (Å²) in [6.07, 6.45) is 4.64. The topological polar surface area (TPSA) is 79.6 Å². The second-order valence-electron chi connectivity index (χ2n) is 7.55. The van der Waals surface area contributed by atoms with Crippen molar-refractivity contribution in [2.24, 2.45) is 0 Å². The van der Waals surface area contributed by atoms with E-state index >= 15 is 0 Å². The van der Waals surface area contributed by atoms with Crippen molar-refractivity contribution in [2.45, 2.75) is 6.54 Å². The minimum atomic E-state index is -3.31. The van der Waals surface area contributed by atoms with Gasteiger partial charge >= 0.3 is 0 Å². The van der Waals surface area contributed by atoms with Crippen LogP contribution in [0.5, 0.6) is 0 Å². The molecule has 1 N–H and O–H groups in total. The Kier molecular flexibility index (Phi) is 5.27. The summed E-state index contributed by atoms with van der Waals surface area (Å²) in [5.41, 5.74) is 6.49. The summed E-state index contributed by atoms with van der Waals surface area (Å²) >= 11 is 0. The van der Waals surface area contributed by atoms with E-state index in [0.717, 1.165) is 40.7 Å². The highest BCUT2D eigenvalue weighted by molar-refractivity contribution is 7.92. The Hall–Kier alpha value is -3.23. The Morgan fingerprint density at radius 1 is 0.967 bits per heavy atom. The van der Waals surface area contributed by atoms with Crippen molar-refractivity contribution in [1.29, 1.82) is 0 Å². The quantitative estimate of drug-likeness (QED) is 0.515. The number of rotatable bonds is 6. The van der Waals surface area contributed by atoms with Crippen LogP contribution in [0.1, 0.15) is 5.56 Å². The van der Waals surface area contributed by atoms with Gasteiger partial charge in [-0.25, -0.2) is 17.9 Å². The van der Waals surface area contributed by atoms with Gasteiger partial charge in [0, 0.05) is 29.6 Å². The second kappa shape index (κ2) is 7.89. The Balaban J connectivity index is 1.67. The highest BCUT2D eigenvalue weighted by Crippen LogP contribution is 2.29. The Morgan fingerprint density at radius 3 is 2.27 bits per heavy atom. The summed E-state index contributed by atoms with van der Waals surface area (Å²) in [6.45, 7) is 0.901. The second-order valence-corrected chi connectivity index (χ2v) is 9.30. The summed E-state index contributed by atoms with van der Waals surface area (Å²) in [4.78, 5) is 6.60. The molecule has 0 aliphatic heterocycles. The SMILES string of the molecule is CN(C)Cc1ccc(-c2cc3c(-c4ccc(NS(C)(=O)=O)cc4)ncnn3c2)cc1. The lowest BCUT2D eigenvalue weighted by atomic mass is 10.1. The van der Waals surface area contributed by atoms with E-state index in [1.54, 1.807) is 12.1 Å². The fourth-order valence-corrected chi connectivity index (χ4v) is 3.95. The van der Waals surface area contributed by atoms with E-state index in [4.69, 9.17) is 0 Å². The molecule has 0 atom stereocenters. The van der Waals surface area contributed by atoms with Crippen LogP contribution in [-0.2, 0) is 16.6 Å². The molecule has 0 aliphatic rings. The van der Waals surface area contributed by atoms with Gasteiger partial charge in [0.2, 0.25) is 10.0 Å². The first-order chi connectivity index (χ1) is 14.3. The van der Waals surface area contributed by atoms with Gasteiger partial charge in [-0.3, -0.25) is 4.72 Å². The molecular formula is C22H23N5O2S. The fourth-order valence-electron chi connectivity index (χ4n) is 3.39. The van der Waals surface area contributed by atoms with Crippen LogP contribution in [0.4, 0.5) is 5.69 Å². The minimum Gasteiger partial charge on any atom is -0.305 e. The third kappa shape index (κ3) is 4.50. The first-order valence-corrected chi connectivity index (χ1v) is 11.3. The molecule has 7 nitrogen and oxygen atoms in total. The normalized spacial score (nSPS) is 11.9. The lowest BCUT2D eigenvalue weighted by Crippen LogP contribution is -2.10. The van der Waals surface area contributed by atoms with Crippen molar-refractivity contribution >= 4 is 21.2 Å². The van der Waals surface area contributed by atoms with Crippen molar-refractivity contribution in [2.75, 3.05) is 25.1 Å². The van der Waals surface area contributed by atoms with E-state index in [-0.39, 0.29) is 0 Å². The first-order valence-electron chi connectivity index (χ1n) is 9.44. The number of aromatic nitrogens is 3. The zero-order chi connectivity index (χ0) is 21.3. The van der Waals surface area contributed by atoms with Crippen LogP contribution in [0.3, 0.4) is 0 Å². The smallest absolute Gasteiger partial charge is 0.229 e. The van der Waals surface area contributed by atoms with Gasteiger partial charge in [0.05, 0.1) is 17.5 Å². The summed E-state index contributed by atoms with van der Waals surface area (Å²) in [6, 6.07) is 17.7. The zero-order valence-electron chi connectivity index (χ0n) is 17.1. The third-order valence-electron chi connectivity index (χ3n) is 4.65. The highest BCUT2D eigenvalue weighted by atomic mass is 32.2. The van der Waals surface area contributed by atoms with Crippen LogP contribution in [0, 0.1) is 0 Å². The van der Waals surface area contributed by atoms with E-state index in [2.05, 4.69) is 64.1 Å². The number of anilines is 1. The van der Waals surface area contributed by atoms with Gasteiger partial charge in [-0.15, -0.1) is 0 Å². The van der Waals surface area contributed by atoms with Gasteiger partial charge in [0.25, 0.3) is 0 Å². The largest absolute Gasteiger partial charge is 0.305 e. The highest BCUT2D eigenvalue weighted by Gasteiger charge is 2.11. The molecule has 2 aromatic carbocycles. The maximum absolute atomic E-state index is 11.4. The molecule has 0 fully saturated rings. The lowest BCUT2D eigenvalue weighted by molar-refractivity contribution is 0.402. The van der Waals surface area contributed by atoms with Gasteiger partial charge in [-0.1, -0.05) is 36.4 Å². The molecule has 8 heteroatoms. The van der Waals surface area contributed by atoms with E-state index in [9.17, 15) is 8.42 Å². The monoisotopic (exact) mass is 421 g/mol. The average molecular weight is 422 g/mol. The van der Waals surface area contributed by atoms with Crippen molar-refractivity contribution in [3.63, 3.8) is 0 Å². The van der Waals surface area contributed by atoms with Gasteiger partial charge in [-0.05, 0) is 43.4 Å². The molecule has 4 aromatic rings. The maximum Gasteiger partial charge on any atom is 0.229 e. The van der Waals surface area contributed by atoms with Gasteiger partial charge < -0.3 is 4.90 Å². The molecule has 154 valence electrons. The third-order valence-corrected chi connectivity index (χ3v) is 5.26. The molecular weight excluding hydrogens is 398 g/mol. The number of sulfonamides is 1. The van der Waals surface area contributed by atoms with E-state index in [1.807, 2.05) is 22.8 Å². The molecule has 0 saturated heterocycles. The molecule has 0 saturated carbocycles. The number of fused-ring (bicyclic) bond motifs is 1. The summed E-state index contributed by atoms with van der Waals surface area (Å²) in [5.74, 6) is 0. The Bertz CT molecular complexity index is 1280.